The summed E-state index contributed by atoms with van der Waals surface area (Å²) in [5.74, 6) is -0.156. The summed E-state index contributed by atoms with van der Waals surface area (Å²) in [6.45, 7) is 4.18. The first-order chi connectivity index (χ1) is 13.0. The molecule has 0 radical (unpaired) electrons. The van der Waals surface area contributed by atoms with Gasteiger partial charge in [0.2, 0.25) is 0 Å². The number of hydrogen-bond donors (Lipinski definition) is 2. The van der Waals surface area contributed by atoms with Gasteiger partial charge in [-0.1, -0.05) is 11.6 Å². The molecule has 0 spiro atoms. The van der Waals surface area contributed by atoms with E-state index in [1.807, 2.05) is 13.0 Å². The molecule has 2 N–H and O–H groups in total. The minimum atomic E-state index is -0.418. The lowest BCUT2D eigenvalue weighted by molar-refractivity contribution is 0.0848. The minimum Gasteiger partial charge on any atom is -0.494 e. The van der Waals surface area contributed by atoms with Crippen LogP contribution < -0.4 is 15.6 Å². The van der Waals surface area contributed by atoms with Gasteiger partial charge in [0.25, 0.3) is 11.8 Å². The van der Waals surface area contributed by atoms with Crippen LogP contribution in [0.2, 0.25) is 4.34 Å². The number of thiophene rings is 1. The van der Waals surface area contributed by atoms with Gasteiger partial charge in [-0.25, -0.2) is 4.98 Å². The van der Waals surface area contributed by atoms with Gasteiger partial charge in [0.15, 0.2) is 0 Å². The second-order valence-electron chi connectivity index (χ2n) is 5.40. The predicted molar refractivity (Wildman–Crippen MR) is 108 cm³/mol. The largest absolute Gasteiger partial charge is 0.494 e. The zero-order valence-electron chi connectivity index (χ0n) is 14.5. The smallest absolute Gasteiger partial charge is 0.281 e. The Morgan fingerprint density at radius 3 is 2.41 bits per heavy atom. The predicted octanol–water partition coefficient (Wildman–Crippen LogP) is 4.31. The first-order valence-corrected chi connectivity index (χ1v) is 10.1. The number of hydrogen-bond acceptors (Lipinski definition) is 6. The van der Waals surface area contributed by atoms with Crippen LogP contribution in [0.1, 0.15) is 32.6 Å². The zero-order valence-corrected chi connectivity index (χ0v) is 16.9. The van der Waals surface area contributed by atoms with Crippen molar-refractivity contribution in [3.8, 4) is 15.6 Å². The number of aryl methyl sites for hydroxylation is 1. The molecule has 0 aliphatic heterocycles. The number of nitrogens with zero attached hydrogens (tertiary/aromatic N) is 1. The van der Waals surface area contributed by atoms with E-state index in [1.54, 1.807) is 37.3 Å². The first-order valence-electron chi connectivity index (χ1n) is 8.04. The van der Waals surface area contributed by atoms with E-state index >= 15 is 0 Å². The maximum Gasteiger partial charge on any atom is 0.281 e. The van der Waals surface area contributed by atoms with E-state index in [0.29, 0.717) is 37.8 Å². The van der Waals surface area contributed by atoms with Gasteiger partial charge in [-0.3, -0.25) is 20.4 Å². The molecule has 2 aromatic heterocycles. The van der Waals surface area contributed by atoms with E-state index in [4.69, 9.17) is 16.3 Å². The third kappa shape index (κ3) is 4.65. The van der Waals surface area contributed by atoms with Crippen molar-refractivity contribution in [1.29, 1.82) is 0 Å². The molecular weight excluding hydrogens is 406 g/mol. The number of rotatable bonds is 5. The van der Waals surface area contributed by atoms with Crippen molar-refractivity contribution in [2.24, 2.45) is 0 Å². The standard InChI is InChI=1S/C18H16ClN3O3S2/c1-3-25-12-6-4-11(5-7-12)16(23)21-22-17(24)15-10(2)20-18(27-15)13-8-9-14(19)26-13/h4-9H,3H2,1-2H3,(H,21,23)(H,22,24). The summed E-state index contributed by atoms with van der Waals surface area (Å²) in [5.41, 5.74) is 5.84. The molecule has 3 rings (SSSR count). The highest BCUT2D eigenvalue weighted by molar-refractivity contribution is 7.24. The van der Waals surface area contributed by atoms with Gasteiger partial charge < -0.3 is 4.74 Å². The molecule has 0 unspecified atom stereocenters. The van der Waals surface area contributed by atoms with Gasteiger partial charge >= 0.3 is 0 Å². The molecule has 1 aromatic carbocycles. The van der Waals surface area contributed by atoms with Gasteiger partial charge in [0, 0.05) is 5.56 Å². The SMILES string of the molecule is CCOc1ccc(C(=O)NNC(=O)c2sc(-c3ccc(Cl)s3)nc2C)cc1. The van der Waals surface area contributed by atoms with Crippen LogP contribution >= 0.6 is 34.3 Å². The summed E-state index contributed by atoms with van der Waals surface area (Å²) in [6, 6.07) is 10.3. The Morgan fingerprint density at radius 1 is 1.07 bits per heavy atom. The number of benzene rings is 1. The fourth-order valence-electron chi connectivity index (χ4n) is 2.25. The van der Waals surface area contributed by atoms with Crippen molar-refractivity contribution in [2.45, 2.75) is 13.8 Å². The fraction of sp³-hybridized carbons (Fsp3) is 0.167. The van der Waals surface area contributed by atoms with Crippen molar-refractivity contribution in [1.82, 2.24) is 15.8 Å². The molecule has 0 saturated carbocycles. The number of carbonyl (C=O) groups excluding carboxylic acids is 2. The van der Waals surface area contributed by atoms with E-state index in [9.17, 15) is 9.59 Å². The maximum absolute atomic E-state index is 12.4. The summed E-state index contributed by atoms with van der Waals surface area (Å²) < 4.78 is 5.99. The Labute approximate surface area is 169 Å². The van der Waals surface area contributed by atoms with Gasteiger partial charge in [0.1, 0.15) is 15.6 Å². The van der Waals surface area contributed by atoms with Crippen LogP contribution in [0.5, 0.6) is 5.75 Å². The molecule has 0 bridgehead atoms. The quantitative estimate of drug-likeness (QED) is 0.601. The van der Waals surface area contributed by atoms with Crippen LogP contribution in [-0.2, 0) is 0 Å². The van der Waals surface area contributed by atoms with Crippen LogP contribution in [0.15, 0.2) is 36.4 Å². The van der Waals surface area contributed by atoms with Crippen LogP contribution in [0.3, 0.4) is 0 Å². The number of amides is 2. The van der Waals surface area contributed by atoms with Gasteiger partial charge in [-0.05, 0) is 50.2 Å². The van der Waals surface area contributed by atoms with Crippen molar-refractivity contribution >= 4 is 46.1 Å². The van der Waals surface area contributed by atoms with Gasteiger partial charge in [-0.15, -0.1) is 22.7 Å². The van der Waals surface area contributed by atoms with Crippen molar-refractivity contribution in [3.63, 3.8) is 0 Å². The summed E-state index contributed by atoms with van der Waals surface area (Å²) in [7, 11) is 0. The van der Waals surface area contributed by atoms with E-state index < -0.39 is 11.8 Å². The highest BCUT2D eigenvalue weighted by Crippen LogP contribution is 2.34. The summed E-state index contributed by atoms with van der Waals surface area (Å²) in [6.07, 6.45) is 0. The minimum absolute atomic E-state index is 0.411. The molecule has 3 aromatic rings. The first kappa shape index (κ1) is 19.3. The zero-order chi connectivity index (χ0) is 19.4. The molecule has 2 amide bonds. The lowest BCUT2D eigenvalue weighted by Gasteiger charge is -2.07. The summed E-state index contributed by atoms with van der Waals surface area (Å²) in [4.78, 5) is 30.3. The lowest BCUT2D eigenvalue weighted by Crippen LogP contribution is -2.41. The number of carbonyl (C=O) groups is 2. The molecule has 27 heavy (non-hydrogen) atoms. The molecule has 0 aliphatic carbocycles. The monoisotopic (exact) mass is 421 g/mol. The van der Waals surface area contributed by atoms with Crippen molar-refractivity contribution in [2.75, 3.05) is 6.61 Å². The molecule has 0 saturated heterocycles. The Bertz CT molecular complexity index is 967. The number of hydrazine groups is 1. The van der Waals surface area contributed by atoms with E-state index in [1.165, 1.54) is 22.7 Å². The number of nitrogens with one attached hydrogen (secondary N) is 2. The third-order valence-corrected chi connectivity index (χ3v) is 6.06. The Balaban J connectivity index is 1.63. The van der Waals surface area contributed by atoms with Crippen molar-refractivity contribution in [3.05, 3.63) is 56.9 Å². The van der Waals surface area contributed by atoms with Gasteiger partial charge in [-0.2, -0.15) is 0 Å². The summed E-state index contributed by atoms with van der Waals surface area (Å²) in [5, 5.41) is 0.715. The average Bonchev–Trinajstić information content (AvgIpc) is 3.26. The van der Waals surface area contributed by atoms with Crippen LogP contribution in [0, 0.1) is 6.92 Å². The number of aromatic nitrogens is 1. The number of thiazole rings is 1. The molecule has 140 valence electrons. The molecule has 0 fully saturated rings. The van der Waals surface area contributed by atoms with E-state index in [2.05, 4.69) is 15.8 Å². The van der Waals surface area contributed by atoms with Crippen LogP contribution in [-0.4, -0.2) is 23.4 Å². The van der Waals surface area contributed by atoms with Crippen LogP contribution in [0.4, 0.5) is 0 Å². The molecular formula is C18H16ClN3O3S2. The average molecular weight is 422 g/mol. The molecule has 9 heteroatoms. The highest BCUT2D eigenvalue weighted by atomic mass is 35.5. The molecule has 2 heterocycles. The third-order valence-electron chi connectivity index (χ3n) is 3.50. The Kier molecular flexibility index (Phi) is 6.10. The lowest BCUT2D eigenvalue weighted by atomic mass is 10.2. The second-order valence-corrected chi connectivity index (χ2v) is 8.12. The molecule has 0 atom stereocenters. The summed E-state index contributed by atoms with van der Waals surface area (Å²) >= 11 is 8.60. The maximum atomic E-state index is 12.4. The Hall–Kier alpha value is -2.42. The number of halogens is 1. The normalized spacial score (nSPS) is 10.5. The van der Waals surface area contributed by atoms with E-state index in [-0.39, 0.29) is 0 Å². The number of ether oxygens (including phenoxy) is 1. The second kappa shape index (κ2) is 8.51. The van der Waals surface area contributed by atoms with Crippen LogP contribution in [0.25, 0.3) is 9.88 Å². The molecule has 0 aliphatic rings. The van der Waals surface area contributed by atoms with Crippen molar-refractivity contribution < 1.29 is 14.3 Å². The fourth-order valence-corrected chi connectivity index (χ4v) is 4.31. The Morgan fingerprint density at radius 2 is 1.78 bits per heavy atom. The van der Waals surface area contributed by atoms with E-state index in [0.717, 1.165) is 4.88 Å². The van der Waals surface area contributed by atoms with Gasteiger partial charge in [0.05, 0.1) is 21.5 Å². The topological polar surface area (TPSA) is 80.3 Å². The molecule has 6 nitrogen and oxygen atoms in total. The highest BCUT2D eigenvalue weighted by Gasteiger charge is 2.18.